The van der Waals surface area contributed by atoms with Crippen LogP contribution in [0.4, 0.5) is 0 Å². The second kappa shape index (κ2) is 10.1. The molecule has 3 aromatic rings. The molecule has 0 aliphatic heterocycles. The summed E-state index contributed by atoms with van der Waals surface area (Å²) in [6.45, 7) is 5.62. The molecule has 0 spiro atoms. The molecule has 0 aliphatic carbocycles. The summed E-state index contributed by atoms with van der Waals surface area (Å²) >= 11 is 0. The molecule has 0 heterocycles. The molecule has 0 saturated carbocycles. The predicted octanol–water partition coefficient (Wildman–Crippen LogP) is 5.72. The van der Waals surface area contributed by atoms with Crippen LogP contribution < -0.4 is 0 Å². The Balaban J connectivity index is 1.98. The number of benzene rings is 3. The van der Waals surface area contributed by atoms with Gasteiger partial charge in [-0.05, 0) is 53.5 Å². The standard InChI is InChI=1S/C27H28O3/c1-19(2)23(16-17-28)26(29)14-12-21(20-8-4-3-5-9-20)18-22-13-15-27(30)25-11-7-6-10-24(22)25/h3-11,13,15-16,18,26,28-30H,1,12,14,17H2,2H3/b21-18-,23-16-. The highest BCUT2D eigenvalue weighted by atomic mass is 16.3. The van der Waals surface area contributed by atoms with Gasteiger partial charge in [0.25, 0.3) is 0 Å². The van der Waals surface area contributed by atoms with Crippen molar-refractivity contribution in [1.29, 1.82) is 0 Å². The maximum atomic E-state index is 10.7. The topological polar surface area (TPSA) is 60.7 Å². The number of rotatable bonds is 8. The third kappa shape index (κ3) is 5.07. The van der Waals surface area contributed by atoms with Crippen LogP contribution in [-0.2, 0) is 0 Å². The summed E-state index contributed by atoms with van der Waals surface area (Å²) in [5.41, 5.74) is 4.63. The van der Waals surface area contributed by atoms with Crippen molar-refractivity contribution < 1.29 is 15.3 Å². The molecule has 0 aromatic heterocycles. The zero-order chi connectivity index (χ0) is 21.5. The Morgan fingerprint density at radius 3 is 2.30 bits per heavy atom. The number of phenols is 1. The van der Waals surface area contributed by atoms with E-state index in [1.54, 1.807) is 12.1 Å². The van der Waals surface area contributed by atoms with Gasteiger partial charge in [0.2, 0.25) is 0 Å². The normalized spacial score (nSPS) is 13.4. The molecule has 0 aliphatic rings. The first-order chi connectivity index (χ1) is 14.5. The van der Waals surface area contributed by atoms with Crippen LogP contribution >= 0.6 is 0 Å². The van der Waals surface area contributed by atoms with E-state index in [2.05, 4.69) is 24.8 Å². The van der Waals surface area contributed by atoms with Crippen molar-refractivity contribution >= 4 is 22.4 Å². The molecule has 0 amide bonds. The van der Waals surface area contributed by atoms with Gasteiger partial charge in [0.05, 0.1) is 12.7 Å². The number of aliphatic hydroxyl groups is 2. The van der Waals surface area contributed by atoms with E-state index in [0.29, 0.717) is 18.4 Å². The number of aromatic hydroxyl groups is 1. The summed E-state index contributed by atoms with van der Waals surface area (Å²) in [5.74, 6) is 0.264. The van der Waals surface area contributed by atoms with Crippen molar-refractivity contribution in [3.63, 3.8) is 0 Å². The zero-order valence-corrected chi connectivity index (χ0v) is 17.3. The molecule has 1 unspecified atom stereocenters. The molecule has 154 valence electrons. The van der Waals surface area contributed by atoms with E-state index in [-0.39, 0.29) is 12.4 Å². The number of hydrogen-bond donors (Lipinski definition) is 3. The van der Waals surface area contributed by atoms with Crippen LogP contribution in [0.3, 0.4) is 0 Å². The van der Waals surface area contributed by atoms with Gasteiger partial charge in [-0.1, -0.05) is 85.0 Å². The number of phenolic OH excluding ortho intramolecular Hbond substituents is 1. The molecule has 0 fully saturated rings. The van der Waals surface area contributed by atoms with Gasteiger partial charge in [0, 0.05) is 5.39 Å². The summed E-state index contributed by atoms with van der Waals surface area (Å²) in [5, 5.41) is 31.9. The van der Waals surface area contributed by atoms with Gasteiger partial charge in [0.1, 0.15) is 5.75 Å². The second-order valence-corrected chi connectivity index (χ2v) is 7.43. The van der Waals surface area contributed by atoms with Gasteiger partial charge in [-0.2, -0.15) is 0 Å². The third-order valence-corrected chi connectivity index (χ3v) is 5.26. The van der Waals surface area contributed by atoms with Gasteiger partial charge in [0.15, 0.2) is 0 Å². The largest absolute Gasteiger partial charge is 0.507 e. The van der Waals surface area contributed by atoms with Crippen LogP contribution in [0, 0.1) is 0 Å². The van der Waals surface area contributed by atoms with Gasteiger partial charge in [-0.25, -0.2) is 0 Å². The van der Waals surface area contributed by atoms with Crippen LogP contribution in [-0.4, -0.2) is 28.0 Å². The van der Waals surface area contributed by atoms with Crippen LogP contribution in [0.25, 0.3) is 22.4 Å². The molecule has 1 atom stereocenters. The highest BCUT2D eigenvalue weighted by molar-refractivity contribution is 5.98. The van der Waals surface area contributed by atoms with Crippen LogP contribution in [0.15, 0.2) is 90.5 Å². The van der Waals surface area contributed by atoms with Crippen molar-refractivity contribution in [1.82, 2.24) is 0 Å². The first-order valence-electron chi connectivity index (χ1n) is 10.1. The van der Waals surface area contributed by atoms with Crippen molar-refractivity contribution in [3.8, 4) is 5.75 Å². The lowest BCUT2D eigenvalue weighted by atomic mass is 9.92. The minimum Gasteiger partial charge on any atom is -0.507 e. The number of allylic oxidation sites excluding steroid dienone is 1. The summed E-state index contributed by atoms with van der Waals surface area (Å²) in [6, 6.07) is 21.5. The Hall–Kier alpha value is -3.14. The third-order valence-electron chi connectivity index (χ3n) is 5.26. The van der Waals surface area contributed by atoms with Gasteiger partial charge in [-0.15, -0.1) is 0 Å². The van der Waals surface area contributed by atoms with Crippen LogP contribution in [0.1, 0.15) is 30.9 Å². The van der Waals surface area contributed by atoms with Crippen LogP contribution in [0.5, 0.6) is 5.75 Å². The summed E-state index contributed by atoms with van der Waals surface area (Å²) in [6.07, 6.45) is 4.21. The Morgan fingerprint density at radius 2 is 1.63 bits per heavy atom. The van der Waals surface area contributed by atoms with Crippen molar-refractivity contribution in [2.45, 2.75) is 25.9 Å². The fraction of sp³-hybridized carbons (Fsp3) is 0.185. The smallest absolute Gasteiger partial charge is 0.123 e. The lowest BCUT2D eigenvalue weighted by Crippen LogP contribution is -2.12. The van der Waals surface area contributed by atoms with Gasteiger partial charge >= 0.3 is 0 Å². The molecule has 0 radical (unpaired) electrons. The molecule has 3 N–H and O–H groups in total. The molecule has 3 rings (SSSR count). The minimum atomic E-state index is -0.696. The van der Waals surface area contributed by atoms with Gasteiger partial charge < -0.3 is 15.3 Å². The Kier molecular flexibility index (Phi) is 7.23. The van der Waals surface area contributed by atoms with Crippen molar-refractivity contribution in [2.75, 3.05) is 6.61 Å². The molecule has 3 aromatic carbocycles. The average Bonchev–Trinajstić information content (AvgIpc) is 2.76. The Morgan fingerprint density at radius 1 is 0.967 bits per heavy atom. The predicted molar refractivity (Wildman–Crippen MR) is 125 cm³/mol. The van der Waals surface area contributed by atoms with E-state index in [4.69, 9.17) is 0 Å². The molecular formula is C27H28O3. The highest BCUT2D eigenvalue weighted by Crippen LogP contribution is 2.32. The van der Waals surface area contributed by atoms with Crippen molar-refractivity contribution in [2.24, 2.45) is 0 Å². The maximum absolute atomic E-state index is 10.7. The molecule has 3 nitrogen and oxygen atoms in total. The fourth-order valence-electron chi connectivity index (χ4n) is 3.71. The molecule has 0 bridgehead atoms. The number of fused-ring (bicyclic) bond motifs is 1. The van der Waals surface area contributed by atoms with Crippen molar-refractivity contribution in [3.05, 3.63) is 102 Å². The molecule has 30 heavy (non-hydrogen) atoms. The monoisotopic (exact) mass is 400 g/mol. The van der Waals surface area contributed by atoms with E-state index in [0.717, 1.165) is 33.0 Å². The van der Waals surface area contributed by atoms with E-state index < -0.39 is 6.10 Å². The lowest BCUT2D eigenvalue weighted by Gasteiger charge is -2.17. The first kappa shape index (κ1) is 21.6. The van der Waals surface area contributed by atoms with Crippen LogP contribution in [0.2, 0.25) is 0 Å². The SMILES string of the molecule is C=C(C)/C(=C/CO)C(O)CC/C(=C/c1ccc(O)c2ccccc12)c1ccccc1. The molecular weight excluding hydrogens is 372 g/mol. The average molecular weight is 401 g/mol. The molecule has 3 heteroatoms. The number of aliphatic hydroxyl groups excluding tert-OH is 2. The minimum absolute atomic E-state index is 0.125. The summed E-state index contributed by atoms with van der Waals surface area (Å²) in [7, 11) is 0. The lowest BCUT2D eigenvalue weighted by molar-refractivity contribution is 0.203. The maximum Gasteiger partial charge on any atom is 0.123 e. The van der Waals surface area contributed by atoms with E-state index in [9.17, 15) is 15.3 Å². The van der Waals surface area contributed by atoms with E-state index in [1.807, 2.05) is 55.5 Å². The Bertz CT molecular complexity index is 1080. The highest BCUT2D eigenvalue weighted by Gasteiger charge is 2.14. The quantitative estimate of drug-likeness (QED) is 0.335. The second-order valence-electron chi connectivity index (χ2n) is 7.43. The zero-order valence-electron chi connectivity index (χ0n) is 17.3. The fourth-order valence-corrected chi connectivity index (χ4v) is 3.71. The summed E-state index contributed by atoms with van der Waals surface area (Å²) in [4.78, 5) is 0. The van der Waals surface area contributed by atoms with Gasteiger partial charge in [-0.3, -0.25) is 0 Å². The van der Waals surface area contributed by atoms with E-state index in [1.165, 1.54) is 0 Å². The number of hydrogen-bond acceptors (Lipinski definition) is 3. The Labute approximate surface area is 177 Å². The summed E-state index contributed by atoms with van der Waals surface area (Å²) < 4.78 is 0. The molecule has 0 saturated heterocycles. The first-order valence-corrected chi connectivity index (χ1v) is 10.1. The van der Waals surface area contributed by atoms with E-state index >= 15 is 0 Å².